The Kier molecular flexibility index (Phi) is 3.34. The molecule has 1 aliphatic rings. The zero-order valence-electron chi connectivity index (χ0n) is 6.14. The van der Waals surface area contributed by atoms with Crippen LogP contribution in [0, 0.1) is 6.08 Å². The van der Waals surface area contributed by atoms with Gasteiger partial charge in [-0.1, -0.05) is 0 Å². The summed E-state index contributed by atoms with van der Waals surface area (Å²) in [5, 5.41) is 0. The second-order valence-electron chi connectivity index (χ2n) is 2.40. The van der Waals surface area contributed by atoms with Crippen molar-refractivity contribution in [3.63, 3.8) is 0 Å². The van der Waals surface area contributed by atoms with Crippen molar-refractivity contribution in [2.24, 2.45) is 0 Å². The average Bonchev–Trinajstić information content (AvgIpc) is 1.88. The van der Waals surface area contributed by atoms with E-state index in [-0.39, 0.29) is 0 Å². The molecule has 2 heteroatoms. The minimum atomic E-state index is 1.07. The summed E-state index contributed by atoms with van der Waals surface area (Å²) in [5.74, 6) is 1.07. The summed E-state index contributed by atoms with van der Waals surface area (Å²) < 4.78 is 6.55. The molecule has 0 aliphatic heterocycles. The van der Waals surface area contributed by atoms with Crippen LogP contribution < -0.4 is 0 Å². The van der Waals surface area contributed by atoms with Crippen LogP contribution in [0.1, 0.15) is 32.6 Å². The zero-order valence-corrected chi connectivity index (χ0v) is 9.08. The molecule has 10 heavy (non-hydrogen) atoms. The van der Waals surface area contributed by atoms with Gasteiger partial charge >= 0.3 is 72.6 Å². The predicted octanol–water partition coefficient (Wildman–Crippen LogP) is 1.96. The van der Waals surface area contributed by atoms with E-state index in [2.05, 4.69) is 6.08 Å². The number of ether oxygens (including phenoxy) is 1. The summed E-state index contributed by atoms with van der Waals surface area (Å²) in [7, 11) is 0. The molecular formula is C8H11OW-. The summed E-state index contributed by atoms with van der Waals surface area (Å²) in [6.07, 6.45) is 7.96. The molecule has 0 heterocycles. The molecule has 0 radical (unpaired) electrons. The first-order chi connectivity index (χ1) is 4.79. The molecule has 0 unspecified atom stereocenters. The van der Waals surface area contributed by atoms with Crippen LogP contribution in [0.5, 0.6) is 0 Å². The summed E-state index contributed by atoms with van der Waals surface area (Å²) in [6, 6.07) is 0. The van der Waals surface area contributed by atoms with Crippen molar-refractivity contribution < 1.29 is 24.1 Å². The molecule has 0 fully saturated rings. The van der Waals surface area contributed by atoms with Gasteiger partial charge < -0.3 is 0 Å². The molecule has 0 saturated carbocycles. The second-order valence-corrected chi connectivity index (χ2v) is 4.47. The molecule has 0 spiro atoms. The molecule has 1 aliphatic carbocycles. The first-order valence-electron chi connectivity index (χ1n) is 3.57. The van der Waals surface area contributed by atoms with E-state index in [1.807, 2.05) is 6.92 Å². The van der Waals surface area contributed by atoms with E-state index in [4.69, 9.17) is 4.74 Å². The fraction of sp³-hybridized carbons (Fsp3) is 0.625. The second kappa shape index (κ2) is 4.08. The summed E-state index contributed by atoms with van der Waals surface area (Å²) in [4.78, 5) is 0. The first-order valence-corrected chi connectivity index (χ1v) is 5.04. The predicted molar refractivity (Wildman–Crippen MR) is 37.0 cm³/mol. The Labute approximate surface area is 72.9 Å². The fourth-order valence-corrected chi connectivity index (χ4v) is 1.35. The number of hydrogen-bond donors (Lipinski definition) is 0. The molecular weight excluding hydrogens is 296 g/mol. The molecule has 0 aromatic carbocycles. The van der Waals surface area contributed by atoms with Gasteiger partial charge in [0.15, 0.2) is 0 Å². The Morgan fingerprint density at radius 1 is 1.60 bits per heavy atom. The van der Waals surface area contributed by atoms with Crippen LogP contribution in [0.2, 0.25) is 0 Å². The van der Waals surface area contributed by atoms with Gasteiger partial charge in [0.2, 0.25) is 0 Å². The van der Waals surface area contributed by atoms with Crippen molar-refractivity contribution in [3.05, 3.63) is 11.8 Å². The van der Waals surface area contributed by atoms with E-state index >= 15 is 0 Å². The van der Waals surface area contributed by atoms with Gasteiger partial charge in [0, 0.05) is 0 Å². The topological polar surface area (TPSA) is 9.23 Å². The van der Waals surface area contributed by atoms with Gasteiger partial charge in [-0.15, -0.1) is 0 Å². The van der Waals surface area contributed by atoms with Crippen molar-refractivity contribution in [2.45, 2.75) is 32.6 Å². The molecule has 56 valence electrons. The average molecular weight is 307 g/mol. The molecule has 0 amide bonds. The maximum atomic E-state index is 5.45. The van der Waals surface area contributed by atoms with E-state index in [1.165, 1.54) is 32.2 Å². The standard InChI is InChI=1S/C8H11O.W/c1-2-9-8-6-4-3-5-7-8;/h3-6H2,1H3;/q-1;. The van der Waals surface area contributed by atoms with E-state index < -0.39 is 0 Å². The van der Waals surface area contributed by atoms with Gasteiger partial charge in [-0.05, 0) is 0 Å². The van der Waals surface area contributed by atoms with E-state index in [1.54, 1.807) is 0 Å². The normalized spacial score (nSPS) is 17.9. The maximum absolute atomic E-state index is 5.45. The number of hydrogen-bond acceptors (Lipinski definition) is 1. The molecule has 0 aromatic rings. The Hall–Kier alpha value is 0.0983. The Balaban J connectivity index is 2.38. The Morgan fingerprint density at radius 3 is 2.90 bits per heavy atom. The van der Waals surface area contributed by atoms with Crippen molar-refractivity contribution in [1.82, 2.24) is 0 Å². The molecule has 0 atom stereocenters. The third kappa shape index (κ3) is 2.79. The summed E-state index contributed by atoms with van der Waals surface area (Å²) in [6.45, 7) is 2.01. The van der Waals surface area contributed by atoms with Crippen LogP contribution >= 0.6 is 0 Å². The van der Waals surface area contributed by atoms with Crippen LogP contribution in [0.4, 0.5) is 0 Å². The van der Waals surface area contributed by atoms with E-state index in [0.29, 0.717) is 0 Å². The summed E-state index contributed by atoms with van der Waals surface area (Å²) >= 11 is 1.41. The van der Waals surface area contributed by atoms with Crippen molar-refractivity contribution in [1.29, 1.82) is 0 Å². The van der Waals surface area contributed by atoms with Crippen molar-refractivity contribution >= 4 is 4.08 Å². The van der Waals surface area contributed by atoms with E-state index in [9.17, 15) is 0 Å². The van der Waals surface area contributed by atoms with Crippen molar-refractivity contribution in [3.8, 4) is 0 Å². The van der Waals surface area contributed by atoms with Gasteiger partial charge in [0.1, 0.15) is 0 Å². The third-order valence-corrected chi connectivity index (χ3v) is 1.72. The fourth-order valence-electron chi connectivity index (χ4n) is 0.987. The molecule has 1 nitrogen and oxygen atoms in total. The Morgan fingerprint density at radius 2 is 2.40 bits per heavy atom. The number of allylic oxidation sites excluding steroid dienone is 2. The van der Waals surface area contributed by atoms with Crippen LogP contribution in [0.3, 0.4) is 0 Å². The van der Waals surface area contributed by atoms with E-state index in [0.717, 1.165) is 22.7 Å². The zero-order chi connectivity index (χ0) is 7.40. The number of rotatable bonds is 2. The Bertz CT molecular complexity index is 161. The monoisotopic (exact) mass is 307 g/mol. The van der Waals surface area contributed by atoms with Crippen LogP contribution in [-0.2, 0) is 24.1 Å². The third-order valence-electron chi connectivity index (χ3n) is 1.42. The van der Waals surface area contributed by atoms with Crippen LogP contribution in [0.15, 0.2) is 5.76 Å². The molecule has 0 bridgehead atoms. The van der Waals surface area contributed by atoms with Gasteiger partial charge in [-0.2, -0.15) is 0 Å². The van der Waals surface area contributed by atoms with Gasteiger partial charge in [-0.3, -0.25) is 0 Å². The molecule has 0 N–H and O–H groups in total. The van der Waals surface area contributed by atoms with Gasteiger partial charge in [0.25, 0.3) is 0 Å². The van der Waals surface area contributed by atoms with Gasteiger partial charge in [0.05, 0.1) is 0 Å². The SMILES string of the molecule is C[C](=[W])OC1=[C-]CCCC1. The summed E-state index contributed by atoms with van der Waals surface area (Å²) in [5.41, 5.74) is 0. The molecule has 1 rings (SSSR count). The minimum absolute atomic E-state index is 1.07. The quantitative estimate of drug-likeness (QED) is 0.709. The van der Waals surface area contributed by atoms with Gasteiger partial charge in [-0.25, -0.2) is 0 Å². The molecule has 0 saturated heterocycles. The molecule has 0 aromatic heterocycles. The van der Waals surface area contributed by atoms with Crippen LogP contribution in [0.25, 0.3) is 0 Å². The van der Waals surface area contributed by atoms with Crippen LogP contribution in [-0.4, -0.2) is 4.08 Å². The van der Waals surface area contributed by atoms with Crippen molar-refractivity contribution in [2.75, 3.05) is 0 Å². The first kappa shape index (κ1) is 8.20.